The first-order valence-corrected chi connectivity index (χ1v) is 6.43. The standard InChI is InChI=1S/C15H25NO/c1-11(2)9-13(4)17-10-15(16)14-8-6-5-7-12(14)3/h5-8,11,13,15H,9-10,16H2,1-4H3. The van der Waals surface area contributed by atoms with Gasteiger partial charge < -0.3 is 10.5 Å². The van der Waals surface area contributed by atoms with Crippen LogP contribution in [0.5, 0.6) is 0 Å². The van der Waals surface area contributed by atoms with E-state index in [0.717, 1.165) is 6.42 Å². The molecule has 0 radical (unpaired) electrons. The van der Waals surface area contributed by atoms with Crippen molar-refractivity contribution in [2.24, 2.45) is 11.7 Å². The van der Waals surface area contributed by atoms with Crippen LogP contribution in [0.4, 0.5) is 0 Å². The second-order valence-corrected chi connectivity index (χ2v) is 5.24. The lowest BCUT2D eigenvalue weighted by Gasteiger charge is -2.19. The molecule has 2 nitrogen and oxygen atoms in total. The summed E-state index contributed by atoms with van der Waals surface area (Å²) in [7, 11) is 0. The molecular formula is C15H25NO. The van der Waals surface area contributed by atoms with E-state index in [-0.39, 0.29) is 12.1 Å². The number of aryl methyl sites for hydroxylation is 1. The highest BCUT2D eigenvalue weighted by Gasteiger charge is 2.11. The van der Waals surface area contributed by atoms with Crippen molar-refractivity contribution in [2.75, 3.05) is 6.61 Å². The van der Waals surface area contributed by atoms with Crippen LogP contribution in [0.3, 0.4) is 0 Å². The van der Waals surface area contributed by atoms with Crippen LogP contribution in [0.1, 0.15) is 44.4 Å². The summed E-state index contributed by atoms with van der Waals surface area (Å²) in [5.41, 5.74) is 8.57. The van der Waals surface area contributed by atoms with Gasteiger partial charge >= 0.3 is 0 Å². The Balaban J connectivity index is 2.45. The molecule has 0 saturated carbocycles. The van der Waals surface area contributed by atoms with Crippen LogP contribution in [0.2, 0.25) is 0 Å². The Morgan fingerprint density at radius 1 is 1.18 bits per heavy atom. The highest BCUT2D eigenvalue weighted by Crippen LogP contribution is 2.17. The van der Waals surface area contributed by atoms with E-state index in [0.29, 0.717) is 12.5 Å². The summed E-state index contributed by atoms with van der Waals surface area (Å²) in [6.07, 6.45) is 1.37. The van der Waals surface area contributed by atoms with Crippen molar-refractivity contribution < 1.29 is 4.74 Å². The van der Waals surface area contributed by atoms with Gasteiger partial charge in [0.15, 0.2) is 0 Å². The topological polar surface area (TPSA) is 35.2 Å². The number of rotatable bonds is 6. The Bertz CT molecular complexity index is 335. The lowest BCUT2D eigenvalue weighted by Crippen LogP contribution is -2.22. The lowest BCUT2D eigenvalue weighted by molar-refractivity contribution is 0.0429. The maximum absolute atomic E-state index is 6.15. The Labute approximate surface area is 105 Å². The van der Waals surface area contributed by atoms with Gasteiger partial charge in [0.25, 0.3) is 0 Å². The minimum atomic E-state index is -0.0224. The van der Waals surface area contributed by atoms with Gasteiger partial charge in [-0.15, -0.1) is 0 Å². The van der Waals surface area contributed by atoms with Gasteiger partial charge in [0.2, 0.25) is 0 Å². The van der Waals surface area contributed by atoms with Crippen molar-refractivity contribution >= 4 is 0 Å². The van der Waals surface area contributed by atoms with Crippen LogP contribution in [0.15, 0.2) is 24.3 Å². The molecule has 17 heavy (non-hydrogen) atoms. The van der Waals surface area contributed by atoms with Crippen LogP contribution in [-0.4, -0.2) is 12.7 Å². The molecule has 0 aliphatic rings. The zero-order chi connectivity index (χ0) is 12.8. The minimum Gasteiger partial charge on any atom is -0.377 e. The molecule has 2 atom stereocenters. The Morgan fingerprint density at radius 2 is 1.82 bits per heavy atom. The Hall–Kier alpha value is -0.860. The third kappa shape index (κ3) is 4.88. The monoisotopic (exact) mass is 235 g/mol. The smallest absolute Gasteiger partial charge is 0.0663 e. The molecule has 0 bridgehead atoms. The third-order valence-corrected chi connectivity index (χ3v) is 2.95. The zero-order valence-corrected chi connectivity index (χ0v) is 11.4. The van der Waals surface area contributed by atoms with Crippen molar-refractivity contribution in [3.05, 3.63) is 35.4 Å². The number of ether oxygens (including phenoxy) is 1. The van der Waals surface area contributed by atoms with E-state index in [1.54, 1.807) is 0 Å². The van der Waals surface area contributed by atoms with Crippen molar-refractivity contribution in [1.82, 2.24) is 0 Å². The first-order chi connectivity index (χ1) is 8.00. The molecule has 0 heterocycles. The van der Waals surface area contributed by atoms with E-state index in [4.69, 9.17) is 10.5 Å². The highest BCUT2D eigenvalue weighted by molar-refractivity contribution is 5.28. The molecule has 0 spiro atoms. The number of hydrogen-bond donors (Lipinski definition) is 1. The van der Waals surface area contributed by atoms with E-state index < -0.39 is 0 Å². The molecule has 0 amide bonds. The second-order valence-electron chi connectivity index (χ2n) is 5.24. The Kier molecular flexibility index (Phi) is 5.66. The van der Waals surface area contributed by atoms with Crippen LogP contribution in [-0.2, 0) is 4.74 Å². The van der Waals surface area contributed by atoms with Gasteiger partial charge in [0.05, 0.1) is 18.8 Å². The van der Waals surface area contributed by atoms with Crippen molar-refractivity contribution in [2.45, 2.75) is 46.3 Å². The van der Waals surface area contributed by atoms with Crippen LogP contribution < -0.4 is 5.73 Å². The maximum Gasteiger partial charge on any atom is 0.0663 e. The molecule has 0 aliphatic carbocycles. The van der Waals surface area contributed by atoms with Gasteiger partial charge in [-0.1, -0.05) is 38.1 Å². The molecule has 0 saturated heterocycles. The minimum absolute atomic E-state index is 0.0224. The molecular weight excluding hydrogens is 210 g/mol. The fraction of sp³-hybridized carbons (Fsp3) is 0.600. The molecule has 1 aromatic carbocycles. The van der Waals surface area contributed by atoms with Crippen molar-refractivity contribution in [3.63, 3.8) is 0 Å². The normalized spacial score (nSPS) is 14.9. The van der Waals surface area contributed by atoms with E-state index >= 15 is 0 Å². The fourth-order valence-electron chi connectivity index (χ4n) is 2.09. The van der Waals surface area contributed by atoms with Crippen molar-refractivity contribution in [3.8, 4) is 0 Å². The number of benzene rings is 1. The second kappa shape index (κ2) is 6.77. The van der Waals surface area contributed by atoms with E-state index in [1.807, 2.05) is 12.1 Å². The van der Waals surface area contributed by atoms with Crippen LogP contribution in [0.25, 0.3) is 0 Å². The predicted molar refractivity (Wildman–Crippen MR) is 73.0 cm³/mol. The van der Waals surface area contributed by atoms with Gasteiger partial charge in [0.1, 0.15) is 0 Å². The molecule has 2 unspecified atom stereocenters. The zero-order valence-electron chi connectivity index (χ0n) is 11.4. The summed E-state index contributed by atoms with van der Waals surface area (Å²) in [5, 5.41) is 0. The highest BCUT2D eigenvalue weighted by atomic mass is 16.5. The van der Waals surface area contributed by atoms with Gasteiger partial charge in [0, 0.05) is 0 Å². The molecule has 1 aromatic rings. The molecule has 1 rings (SSSR count). The van der Waals surface area contributed by atoms with Gasteiger partial charge in [-0.3, -0.25) is 0 Å². The maximum atomic E-state index is 6.15. The summed E-state index contributed by atoms with van der Waals surface area (Å²) in [6.45, 7) is 9.22. The average molecular weight is 235 g/mol. The van der Waals surface area contributed by atoms with Crippen molar-refractivity contribution in [1.29, 1.82) is 0 Å². The molecule has 0 fully saturated rings. The fourth-order valence-corrected chi connectivity index (χ4v) is 2.09. The summed E-state index contributed by atoms with van der Waals surface area (Å²) in [5.74, 6) is 0.666. The van der Waals surface area contributed by atoms with Crippen LogP contribution >= 0.6 is 0 Å². The van der Waals surface area contributed by atoms with E-state index in [2.05, 4.69) is 39.8 Å². The van der Waals surface area contributed by atoms with Crippen LogP contribution in [0, 0.1) is 12.8 Å². The summed E-state index contributed by atoms with van der Waals surface area (Å²) in [6, 6.07) is 8.21. The molecule has 2 heteroatoms. The Morgan fingerprint density at radius 3 is 2.41 bits per heavy atom. The number of nitrogens with two attached hydrogens (primary N) is 1. The van der Waals surface area contributed by atoms with Gasteiger partial charge in [-0.25, -0.2) is 0 Å². The first kappa shape index (κ1) is 14.2. The largest absolute Gasteiger partial charge is 0.377 e. The average Bonchev–Trinajstić information content (AvgIpc) is 2.25. The quantitative estimate of drug-likeness (QED) is 0.819. The predicted octanol–water partition coefficient (Wildman–Crippen LogP) is 3.45. The summed E-state index contributed by atoms with van der Waals surface area (Å²) < 4.78 is 5.80. The molecule has 0 aliphatic heterocycles. The number of hydrogen-bond acceptors (Lipinski definition) is 2. The van der Waals surface area contributed by atoms with Gasteiger partial charge in [-0.05, 0) is 37.3 Å². The summed E-state index contributed by atoms with van der Waals surface area (Å²) >= 11 is 0. The molecule has 96 valence electrons. The summed E-state index contributed by atoms with van der Waals surface area (Å²) in [4.78, 5) is 0. The molecule has 0 aromatic heterocycles. The molecule has 2 N–H and O–H groups in total. The lowest BCUT2D eigenvalue weighted by atomic mass is 10.0. The SMILES string of the molecule is Cc1ccccc1C(N)COC(C)CC(C)C. The first-order valence-electron chi connectivity index (χ1n) is 6.43. The van der Waals surface area contributed by atoms with E-state index in [1.165, 1.54) is 11.1 Å². The van der Waals surface area contributed by atoms with Gasteiger partial charge in [-0.2, -0.15) is 0 Å². The van der Waals surface area contributed by atoms with E-state index in [9.17, 15) is 0 Å². The third-order valence-electron chi connectivity index (χ3n) is 2.95.